The molecule has 0 aliphatic rings. The smallest absolute Gasteiger partial charge is 0.256 e. The zero-order valence-electron chi connectivity index (χ0n) is 16.0. The predicted molar refractivity (Wildman–Crippen MR) is 107 cm³/mol. The third-order valence-corrected chi connectivity index (χ3v) is 4.16. The van der Waals surface area contributed by atoms with Crippen LogP contribution in [0.2, 0.25) is 0 Å². The van der Waals surface area contributed by atoms with Crippen molar-refractivity contribution in [2.45, 2.75) is 6.54 Å². The second kappa shape index (κ2) is 8.39. The topological polar surface area (TPSA) is 76.5 Å². The molecule has 0 bridgehead atoms. The Morgan fingerprint density at radius 2 is 1.79 bits per heavy atom. The summed E-state index contributed by atoms with van der Waals surface area (Å²) in [6.45, 7) is 0.576. The molecule has 1 aromatic heterocycles. The van der Waals surface area contributed by atoms with Gasteiger partial charge in [0.25, 0.3) is 11.8 Å². The van der Waals surface area contributed by atoms with Crippen LogP contribution >= 0.6 is 0 Å². The highest BCUT2D eigenvalue weighted by Crippen LogP contribution is 2.14. The molecule has 28 heavy (non-hydrogen) atoms. The molecule has 1 N–H and O–H groups in total. The number of amides is 2. The third-order valence-electron chi connectivity index (χ3n) is 4.16. The lowest BCUT2D eigenvalue weighted by molar-refractivity contribution is 0.0827. The van der Waals surface area contributed by atoms with Crippen LogP contribution in [0.4, 0.5) is 5.82 Å². The normalized spacial score (nSPS) is 10.4. The minimum atomic E-state index is -0.317. The Labute approximate surface area is 163 Å². The first-order valence-corrected chi connectivity index (χ1v) is 8.75. The minimum Gasteiger partial charge on any atom is -0.497 e. The van der Waals surface area contributed by atoms with Gasteiger partial charge < -0.3 is 15.0 Å². The van der Waals surface area contributed by atoms with Gasteiger partial charge in [0.1, 0.15) is 5.75 Å². The second-order valence-corrected chi connectivity index (χ2v) is 6.48. The van der Waals surface area contributed by atoms with Crippen molar-refractivity contribution in [3.05, 3.63) is 77.5 Å². The Hall–Kier alpha value is -3.61. The number of methoxy groups -OCH3 is 1. The summed E-state index contributed by atoms with van der Waals surface area (Å²) in [6.07, 6.45) is 1.80. The van der Waals surface area contributed by atoms with Crippen LogP contribution in [0.1, 0.15) is 26.3 Å². The quantitative estimate of drug-likeness (QED) is 0.716. The van der Waals surface area contributed by atoms with Gasteiger partial charge in [0, 0.05) is 37.5 Å². The second-order valence-electron chi connectivity index (χ2n) is 6.48. The molecule has 2 amide bonds. The Morgan fingerprint density at radius 3 is 2.46 bits per heavy atom. The van der Waals surface area contributed by atoms with Crippen LogP contribution in [0.3, 0.4) is 0 Å². The molecule has 3 rings (SSSR count). The molecule has 0 radical (unpaired) electrons. The average molecular weight is 378 g/mol. The van der Waals surface area contributed by atoms with Gasteiger partial charge in [-0.05, 0) is 35.9 Å². The van der Waals surface area contributed by atoms with Gasteiger partial charge in [-0.1, -0.05) is 18.2 Å². The Bertz CT molecular complexity index is 977. The van der Waals surface area contributed by atoms with Gasteiger partial charge in [0.05, 0.1) is 13.7 Å². The lowest BCUT2D eigenvalue weighted by Crippen LogP contribution is -2.22. The lowest BCUT2D eigenvalue weighted by atomic mass is 10.1. The van der Waals surface area contributed by atoms with Crippen LogP contribution in [-0.2, 0) is 6.54 Å². The standard InChI is InChI=1S/C21H22N4O3/c1-24(2)21(27)17-6-4-5-16(13-17)20(26)22-19-11-12-25(23-19)14-15-7-9-18(28-3)10-8-15/h4-13H,14H2,1-3H3,(H,22,23,26). The molecular formula is C21H22N4O3. The van der Waals surface area contributed by atoms with Crippen LogP contribution in [0, 0.1) is 0 Å². The zero-order chi connectivity index (χ0) is 20.1. The monoisotopic (exact) mass is 378 g/mol. The Morgan fingerprint density at radius 1 is 1.07 bits per heavy atom. The first-order valence-electron chi connectivity index (χ1n) is 8.75. The van der Waals surface area contributed by atoms with Gasteiger partial charge in [-0.15, -0.1) is 0 Å². The van der Waals surface area contributed by atoms with E-state index >= 15 is 0 Å². The number of carbonyl (C=O) groups is 2. The molecule has 0 spiro atoms. The van der Waals surface area contributed by atoms with Crippen LogP contribution in [0.5, 0.6) is 5.75 Å². The largest absolute Gasteiger partial charge is 0.497 e. The molecular weight excluding hydrogens is 356 g/mol. The maximum atomic E-state index is 12.5. The van der Waals surface area contributed by atoms with Crippen molar-refractivity contribution < 1.29 is 14.3 Å². The summed E-state index contributed by atoms with van der Waals surface area (Å²) in [7, 11) is 4.97. The number of anilines is 1. The zero-order valence-corrected chi connectivity index (χ0v) is 16.0. The van der Waals surface area contributed by atoms with Gasteiger partial charge in [-0.3, -0.25) is 14.3 Å². The third kappa shape index (κ3) is 4.56. The summed E-state index contributed by atoms with van der Waals surface area (Å²) in [4.78, 5) is 26.0. The highest BCUT2D eigenvalue weighted by Gasteiger charge is 2.13. The number of benzene rings is 2. The van der Waals surface area contributed by atoms with Crippen molar-refractivity contribution in [2.24, 2.45) is 0 Å². The van der Waals surface area contributed by atoms with E-state index in [1.165, 1.54) is 4.90 Å². The first kappa shape index (κ1) is 19.2. The molecule has 1 heterocycles. The molecule has 0 unspecified atom stereocenters. The van der Waals surface area contributed by atoms with E-state index in [2.05, 4.69) is 10.4 Å². The van der Waals surface area contributed by atoms with E-state index in [0.29, 0.717) is 23.5 Å². The van der Waals surface area contributed by atoms with Gasteiger partial charge in [0.15, 0.2) is 5.82 Å². The molecule has 2 aromatic carbocycles. The van der Waals surface area contributed by atoms with Crippen LogP contribution < -0.4 is 10.1 Å². The summed E-state index contributed by atoms with van der Waals surface area (Å²) in [5.41, 5.74) is 1.93. The highest BCUT2D eigenvalue weighted by atomic mass is 16.5. The highest BCUT2D eigenvalue weighted by molar-refractivity contribution is 6.05. The molecule has 0 atom stereocenters. The molecule has 144 valence electrons. The first-order chi connectivity index (χ1) is 13.5. The molecule has 0 fully saturated rings. The van der Waals surface area contributed by atoms with E-state index in [1.807, 2.05) is 24.3 Å². The SMILES string of the molecule is COc1ccc(Cn2ccc(NC(=O)c3cccc(C(=O)N(C)C)c3)n2)cc1. The fraction of sp³-hybridized carbons (Fsp3) is 0.190. The van der Waals surface area contributed by atoms with Crippen LogP contribution in [-0.4, -0.2) is 47.7 Å². The van der Waals surface area contributed by atoms with Crippen molar-refractivity contribution in [3.63, 3.8) is 0 Å². The van der Waals surface area contributed by atoms with E-state index in [4.69, 9.17) is 4.74 Å². The molecule has 7 heteroatoms. The molecule has 0 saturated carbocycles. The summed E-state index contributed by atoms with van der Waals surface area (Å²) < 4.78 is 6.89. The average Bonchev–Trinajstić information content (AvgIpc) is 3.14. The van der Waals surface area contributed by atoms with Crippen molar-refractivity contribution in [1.29, 1.82) is 0 Å². The van der Waals surface area contributed by atoms with E-state index in [0.717, 1.165) is 11.3 Å². The lowest BCUT2D eigenvalue weighted by Gasteiger charge is -2.11. The predicted octanol–water partition coefficient (Wildman–Crippen LogP) is 2.89. The minimum absolute atomic E-state index is 0.154. The number of nitrogens with zero attached hydrogens (tertiary/aromatic N) is 3. The number of ether oxygens (including phenoxy) is 1. The molecule has 0 aliphatic carbocycles. The summed E-state index contributed by atoms with van der Waals surface area (Å²) in [6, 6.07) is 16.1. The van der Waals surface area contributed by atoms with E-state index in [9.17, 15) is 9.59 Å². The fourth-order valence-electron chi connectivity index (χ4n) is 2.67. The number of hydrogen-bond acceptors (Lipinski definition) is 4. The summed E-state index contributed by atoms with van der Waals surface area (Å²) >= 11 is 0. The van der Waals surface area contributed by atoms with E-state index < -0.39 is 0 Å². The van der Waals surface area contributed by atoms with Crippen molar-refractivity contribution in [1.82, 2.24) is 14.7 Å². The maximum absolute atomic E-state index is 12.5. The molecule has 3 aromatic rings. The van der Waals surface area contributed by atoms with Crippen LogP contribution in [0.15, 0.2) is 60.8 Å². The molecule has 7 nitrogen and oxygen atoms in total. The van der Waals surface area contributed by atoms with Crippen molar-refractivity contribution in [2.75, 3.05) is 26.5 Å². The van der Waals surface area contributed by atoms with Gasteiger partial charge >= 0.3 is 0 Å². The van der Waals surface area contributed by atoms with Gasteiger partial charge in [-0.25, -0.2) is 0 Å². The number of rotatable bonds is 6. The van der Waals surface area contributed by atoms with Gasteiger partial charge in [0.2, 0.25) is 0 Å². The molecule has 0 saturated heterocycles. The molecule has 0 aliphatic heterocycles. The number of carbonyl (C=O) groups excluding carboxylic acids is 2. The fourth-order valence-corrected chi connectivity index (χ4v) is 2.67. The summed E-state index contributed by atoms with van der Waals surface area (Å²) in [5.74, 6) is 0.775. The Kier molecular flexibility index (Phi) is 5.74. The van der Waals surface area contributed by atoms with Gasteiger partial charge in [-0.2, -0.15) is 5.10 Å². The maximum Gasteiger partial charge on any atom is 0.256 e. The number of nitrogens with one attached hydrogen (secondary N) is 1. The number of hydrogen-bond donors (Lipinski definition) is 1. The van der Waals surface area contributed by atoms with Crippen LogP contribution in [0.25, 0.3) is 0 Å². The number of aromatic nitrogens is 2. The Balaban J connectivity index is 1.66. The van der Waals surface area contributed by atoms with Crippen molar-refractivity contribution >= 4 is 17.6 Å². The van der Waals surface area contributed by atoms with E-state index in [-0.39, 0.29) is 11.8 Å². The summed E-state index contributed by atoms with van der Waals surface area (Å²) in [5, 5.41) is 7.14. The van der Waals surface area contributed by atoms with E-state index in [1.54, 1.807) is 62.4 Å². The van der Waals surface area contributed by atoms with Crippen molar-refractivity contribution in [3.8, 4) is 5.75 Å².